The molecular formula is C14H15NO4. The minimum atomic E-state index is -0.993. The zero-order valence-corrected chi connectivity index (χ0v) is 10.8. The van der Waals surface area contributed by atoms with Gasteiger partial charge in [0.25, 0.3) is 0 Å². The Hall–Kier alpha value is -2.43. The highest BCUT2D eigenvalue weighted by Gasteiger charge is 2.14. The SMILES string of the molecule is Cc1oc(CN(C)c2cccc(O)c2)cc1C(=O)O. The number of benzene rings is 1. The molecule has 0 bridgehead atoms. The number of carboxylic acid groups (broad SMARTS) is 1. The van der Waals surface area contributed by atoms with Crippen molar-refractivity contribution in [2.24, 2.45) is 0 Å². The maximum absolute atomic E-state index is 10.9. The van der Waals surface area contributed by atoms with Crippen LogP contribution in [0.4, 0.5) is 5.69 Å². The van der Waals surface area contributed by atoms with E-state index in [2.05, 4.69) is 0 Å². The van der Waals surface area contributed by atoms with E-state index in [0.29, 0.717) is 18.1 Å². The van der Waals surface area contributed by atoms with Crippen molar-refractivity contribution in [1.29, 1.82) is 0 Å². The predicted octanol–water partition coefficient (Wildman–Crippen LogP) is 2.63. The van der Waals surface area contributed by atoms with Crippen LogP contribution in [0.1, 0.15) is 21.9 Å². The number of phenols is 1. The largest absolute Gasteiger partial charge is 0.508 e. The molecule has 19 heavy (non-hydrogen) atoms. The van der Waals surface area contributed by atoms with Crippen LogP contribution in [0.25, 0.3) is 0 Å². The number of hydrogen-bond donors (Lipinski definition) is 2. The van der Waals surface area contributed by atoms with Crippen molar-refractivity contribution < 1.29 is 19.4 Å². The lowest BCUT2D eigenvalue weighted by molar-refractivity contribution is 0.0695. The van der Waals surface area contributed by atoms with Gasteiger partial charge in [-0.2, -0.15) is 0 Å². The van der Waals surface area contributed by atoms with Gasteiger partial charge in [-0.1, -0.05) is 6.07 Å². The second-order valence-corrected chi connectivity index (χ2v) is 4.36. The Morgan fingerprint density at radius 2 is 2.11 bits per heavy atom. The second-order valence-electron chi connectivity index (χ2n) is 4.36. The third-order valence-corrected chi connectivity index (χ3v) is 2.86. The molecule has 0 spiro atoms. The lowest BCUT2D eigenvalue weighted by atomic mass is 10.2. The first-order valence-corrected chi connectivity index (χ1v) is 5.80. The fourth-order valence-electron chi connectivity index (χ4n) is 1.89. The van der Waals surface area contributed by atoms with Crippen molar-refractivity contribution in [3.05, 3.63) is 47.4 Å². The summed E-state index contributed by atoms with van der Waals surface area (Å²) in [5.74, 6) is 0.159. The summed E-state index contributed by atoms with van der Waals surface area (Å²) >= 11 is 0. The van der Waals surface area contributed by atoms with Gasteiger partial charge >= 0.3 is 5.97 Å². The van der Waals surface area contributed by atoms with E-state index in [-0.39, 0.29) is 11.3 Å². The Morgan fingerprint density at radius 1 is 1.37 bits per heavy atom. The van der Waals surface area contributed by atoms with Gasteiger partial charge < -0.3 is 19.5 Å². The number of carbonyl (C=O) groups is 1. The number of hydrogen-bond acceptors (Lipinski definition) is 4. The number of aromatic hydroxyl groups is 1. The fourth-order valence-corrected chi connectivity index (χ4v) is 1.89. The molecule has 1 aromatic carbocycles. The molecule has 5 heteroatoms. The van der Waals surface area contributed by atoms with Gasteiger partial charge in [0.1, 0.15) is 22.8 Å². The van der Waals surface area contributed by atoms with Crippen LogP contribution in [0.15, 0.2) is 34.7 Å². The summed E-state index contributed by atoms with van der Waals surface area (Å²) in [5.41, 5.74) is 1.00. The molecular weight excluding hydrogens is 246 g/mol. The maximum Gasteiger partial charge on any atom is 0.339 e. The van der Waals surface area contributed by atoms with Gasteiger partial charge in [0.15, 0.2) is 0 Å². The Labute approximate surface area is 110 Å². The lowest BCUT2D eigenvalue weighted by Gasteiger charge is -2.17. The number of furan rings is 1. The van der Waals surface area contributed by atoms with Crippen LogP contribution in [0.5, 0.6) is 5.75 Å². The van der Waals surface area contributed by atoms with Crippen molar-refractivity contribution in [2.45, 2.75) is 13.5 Å². The molecule has 0 aliphatic heterocycles. The van der Waals surface area contributed by atoms with E-state index < -0.39 is 5.97 Å². The van der Waals surface area contributed by atoms with E-state index in [4.69, 9.17) is 9.52 Å². The maximum atomic E-state index is 10.9. The first-order valence-electron chi connectivity index (χ1n) is 5.80. The van der Waals surface area contributed by atoms with Crippen LogP contribution in [0.3, 0.4) is 0 Å². The summed E-state index contributed by atoms with van der Waals surface area (Å²) in [6.45, 7) is 2.05. The van der Waals surface area contributed by atoms with Crippen LogP contribution in [0, 0.1) is 6.92 Å². The number of aryl methyl sites for hydroxylation is 1. The van der Waals surface area contributed by atoms with Gasteiger partial charge in [-0.05, 0) is 25.1 Å². The van der Waals surface area contributed by atoms with Gasteiger partial charge in [0, 0.05) is 18.8 Å². The number of nitrogens with zero attached hydrogens (tertiary/aromatic N) is 1. The Morgan fingerprint density at radius 3 is 2.68 bits per heavy atom. The van der Waals surface area contributed by atoms with Gasteiger partial charge in [-0.25, -0.2) is 4.79 Å². The number of phenolic OH excluding ortho intramolecular Hbond substituents is 1. The average molecular weight is 261 g/mol. The molecule has 2 N–H and O–H groups in total. The molecule has 0 aliphatic rings. The highest BCUT2D eigenvalue weighted by molar-refractivity contribution is 5.88. The zero-order chi connectivity index (χ0) is 14.0. The van der Waals surface area contributed by atoms with E-state index in [0.717, 1.165) is 5.69 Å². The molecule has 0 unspecified atom stereocenters. The highest BCUT2D eigenvalue weighted by Crippen LogP contribution is 2.22. The molecule has 1 heterocycles. The summed E-state index contributed by atoms with van der Waals surface area (Å²) in [6, 6.07) is 8.35. The van der Waals surface area contributed by atoms with Crippen LogP contribution < -0.4 is 4.90 Å². The Kier molecular flexibility index (Phi) is 3.46. The van der Waals surface area contributed by atoms with Crippen molar-refractivity contribution in [3.8, 4) is 5.75 Å². The summed E-state index contributed by atoms with van der Waals surface area (Å²) in [5, 5.41) is 18.4. The molecule has 0 radical (unpaired) electrons. The third-order valence-electron chi connectivity index (χ3n) is 2.86. The van der Waals surface area contributed by atoms with Crippen LogP contribution in [-0.2, 0) is 6.54 Å². The quantitative estimate of drug-likeness (QED) is 0.885. The molecule has 2 rings (SSSR count). The first-order chi connectivity index (χ1) is 8.97. The molecule has 0 saturated heterocycles. The van der Waals surface area contributed by atoms with Gasteiger partial charge in [-0.15, -0.1) is 0 Å². The minimum absolute atomic E-state index is 0.180. The number of anilines is 1. The smallest absolute Gasteiger partial charge is 0.339 e. The molecule has 0 aliphatic carbocycles. The van der Waals surface area contributed by atoms with Gasteiger partial charge in [0.2, 0.25) is 0 Å². The fraction of sp³-hybridized carbons (Fsp3) is 0.214. The van der Waals surface area contributed by atoms with Crippen molar-refractivity contribution in [1.82, 2.24) is 0 Å². The first kappa shape index (κ1) is 13.0. The number of carboxylic acids is 1. The normalized spacial score (nSPS) is 10.4. The monoisotopic (exact) mass is 261 g/mol. The highest BCUT2D eigenvalue weighted by atomic mass is 16.4. The zero-order valence-electron chi connectivity index (χ0n) is 10.8. The molecule has 0 saturated carbocycles. The Bertz CT molecular complexity index is 603. The molecule has 0 fully saturated rings. The number of rotatable bonds is 4. The molecule has 5 nitrogen and oxygen atoms in total. The third kappa shape index (κ3) is 2.88. The molecule has 1 aromatic heterocycles. The van der Waals surface area contributed by atoms with Crippen LogP contribution in [-0.4, -0.2) is 23.2 Å². The Balaban J connectivity index is 2.17. The average Bonchev–Trinajstić information content (AvgIpc) is 2.70. The van der Waals surface area contributed by atoms with E-state index in [1.807, 2.05) is 18.0 Å². The molecule has 0 amide bonds. The van der Waals surface area contributed by atoms with Crippen LogP contribution >= 0.6 is 0 Å². The summed E-state index contributed by atoms with van der Waals surface area (Å²) in [6.07, 6.45) is 0. The van der Waals surface area contributed by atoms with Crippen LogP contribution in [0.2, 0.25) is 0 Å². The van der Waals surface area contributed by atoms with Crippen molar-refractivity contribution >= 4 is 11.7 Å². The van der Waals surface area contributed by atoms with Crippen molar-refractivity contribution in [3.63, 3.8) is 0 Å². The van der Waals surface area contributed by atoms with Gasteiger partial charge in [-0.3, -0.25) is 0 Å². The van der Waals surface area contributed by atoms with E-state index in [1.54, 1.807) is 25.1 Å². The summed E-state index contributed by atoms with van der Waals surface area (Å²) in [7, 11) is 1.84. The van der Waals surface area contributed by atoms with E-state index in [1.165, 1.54) is 6.07 Å². The number of aromatic carboxylic acids is 1. The molecule has 100 valence electrons. The summed E-state index contributed by atoms with van der Waals surface area (Å²) in [4.78, 5) is 12.8. The topological polar surface area (TPSA) is 73.9 Å². The van der Waals surface area contributed by atoms with Crippen molar-refractivity contribution in [2.75, 3.05) is 11.9 Å². The molecule has 2 aromatic rings. The predicted molar refractivity (Wildman–Crippen MR) is 70.6 cm³/mol. The lowest BCUT2D eigenvalue weighted by Crippen LogP contribution is -2.15. The molecule has 0 atom stereocenters. The van der Waals surface area contributed by atoms with E-state index in [9.17, 15) is 9.90 Å². The standard InChI is InChI=1S/C14H15NO4/c1-9-13(14(17)18)7-12(19-9)8-15(2)10-4-3-5-11(16)6-10/h3-7,16H,8H2,1-2H3,(H,17,18). The minimum Gasteiger partial charge on any atom is -0.508 e. The van der Waals surface area contributed by atoms with E-state index >= 15 is 0 Å². The second kappa shape index (κ2) is 5.06. The summed E-state index contributed by atoms with van der Waals surface area (Å²) < 4.78 is 5.41. The van der Waals surface area contributed by atoms with Gasteiger partial charge in [0.05, 0.1) is 6.54 Å².